The van der Waals surface area contributed by atoms with E-state index in [0.717, 1.165) is 15.0 Å². The van der Waals surface area contributed by atoms with Crippen LogP contribution in [0.25, 0.3) is 0 Å². The van der Waals surface area contributed by atoms with Crippen molar-refractivity contribution < 1.29 is 0 Å². The Bertz CT molecular complexity index is 295. The topological polar surface area (TPSA) is 12.9 Å². The molecule has 0 bridgehead atoms. The smallest absolute Gasteiger partial charge is 0.106 e. The van der Waals surface area contributed by atoms with Gasteiger partial charge in [0.25, 0.3) is 0 Å². The SMILES string of the molecule is Brc1cc(C2CCC2)c(Br)cn1. The summed E-state index contributed by atoms with van der Waals surface area (Å²) >= 11 is 6.91. The first-order valence-electron chi connectivity index (χ1n) is 4.08. The molecule has 12 heavy (non-hydrogen) atoms. The molecule has 1 fully saturated rings. The maximum Gasteiger partial charge on any atom is 0.106 e. The molecule has 0 spiro atoms. The summed E-state index contributed by atoms with van der Waals surface area (Å²) < 4.78 is 2.09. The minimum absolute atomic E-state index is 0.763. The van der Waals surface area contributed by atoms with Gasteiger partial charge < -0.3 is 0 Å². The number of hydrogen-bond acceptors (Lipinski definition) is 1. The van der Waals surface area contributed by atoms with Gasteiger partial charge in [-0.2, -0.15) is 0 Å². The van der Waals surface area contributed by atoms with Crippen molar-refractivity contribution in [1.82, 2.24) is 4.98 Å². The molecule has 0 aliphatic heterocycles. The van der Waals surface area contributed by atoms with E-state index in [1.165, 1.54) is 24.8 Å². The van der Waals surface area contributed by atoms with Gasteiger partial charge in [-0.05, 0) is 62.2 Å². The van der Waals surface area contributed by atoms with Crippen molar-refractivity contribution in [2.24, 2.45) is 0 Å². The summed E-state index contributed by atoms with van der Waals surface area (Å²) in [6.45, 7) is 0. The third kappa shape index (κ3) is 1.57. The molecular formula is C9H9Br2N. The van der Waals surface area contributed by atoms with E-state index in [1.807, 2.05) is 6.20 Å². The zero-order chi connectivity index (χ0) is 8.55. The van der Waals surface area contributed by atoms with Gasteiger partial charge >= 0.3 is 0 Å². The zero-order valence-electron chi connectivity index (χ0n) is 6.56. The van der Waals surface area contributed by atoms with E-state index in [9.17, 15) is 0 Å². The van der Waals surface area contributed by atoms with Crippen molar-refractivity contribution in [1.29, 1.82) is 0 Å². The Hall–Kier alpha value is 0.110. The Morgan fingerprint density at radius 2 is 2.08 bits per heavy atom. The van der Waals surface area contributed by atoms with Crippen LogP contribution in [0.3, 0.4) is 0 Å². The van der Waals surface area contributed by atoms with Crippen LogP contribution in [0.1, 0.15) is 30.7 Å². The molecule has 0 N–H and O–H groups in total. The molecule has 64 valence electrons. The second kappa shape index (κ2) is 3.46. The van der Waals surface area contributed by atoms with Gasteiger partial charge in [-0.3, -0.25) is 0 Å². The molecule has 1 aliphatic carbocycles. The summed E-state index contributed by atoms with van der Waals surface area (Å²) in [4.78, 5) is 4.15. The van der Waals surface area contributed by atoms with Crippen molar-refractivity contribution in [2.45, 2.75) is 25.2 Å². The summed E-state index contributed by atoms with van der Waals surface area (Å²) in [6.07, 6.45) is 5.90. The van der Waals surface area contributed by atoms with Crippen LogP contribution in [0.4, 0.5) is 0 Å². The average Bonchev–Trinajstić information content (AvgIpc) is 1.93. The van der Waals surface area contributed by atoms with Crippen LogP contribution in [0.5, 0.6) is 0 Å². The van der Waals surface area contributed by atoms with Crippen LogP contribution >= 0.6 is 31.9 Å². The van der Waals surface area contributed by atoms with E-state index in [0.29, 0.717) is 0 Å². The summed E-state index contributed by atoms with van der Waals surface area (Å²) in [5, 5.41) is 0. The molecule has 0 amide bonds. The van der Waals surface area contributed by atoms with Crippen LogP contribution in [0.2, 0.25) is 0 Å². The first-order chi connectivity index (χ1) is 5.77. The quantitative estimate of drug-likeness (QED) is 0.716. The fourth-order valence-corrected chi connectivity index (χ4v) is 2.35. The lowest BCUT2D eigenvalue weighted by atomic mass is 9.80. The highest BCUT2D eigenvalue weighted by molar-refractivity contribution is 9.11. The maximum atomic E-state index is 4.15. The normalized spacial score (nSPS) is 17.5. The second-order valence-electron chi connectivity index (χ2n) is 3.16. The monoisotopic (exact) mass is 289 g/mol. The van der Waals surface area contributed by atoms with Gasteiger partial charge in [0.15, 0.2) is 0 Å². The van der Waals surface area contributed by atoms with E-state index in [4.69, 9.17) is 0 Å². The van der Waals surface area contributed by atoms with Crippen molar-refractivity contribution >= 4 is 31.9 Å². The Morgan fingerprint density at radius 3 is 2.67 bits per heavy atom. The minimum atomic E-state index is 0.763. The molecule has 2 rings (SSSR count). The number of nitrogens with zero attached hydrogens (tertiary/aromatic N) is 1. The van der Waals surface area contributed by atoms with Crippen LogP contribution in [-0.4, -0.2) is 4.98 Å². The summed E-state index contributed by atoms with van der Waals surface area (Å²) in [5.41, 5.74) is 1.41. The molecule has 1 aliphatic rings. The highest BCUT2D eigenvalue weighted by atomic mass is 79.9. The standard InChI is InChI=1S/C9H9Br2N/c10-8-5-12-9(11)4-7(8)6-2-1-3-6/h4-6H,1-3H2. The van der Waals surface area contributed by atoms with Gasteiger partial charge in [-0.1, -0.05) is 6.42 Å². The number of rotatable bonds is 1. The van der Waals surface area contributed by atoms with Crippen molar-refractivity contribution in [3.8, 4) is 0 Å². The Morgan fingerprint density at radius 1 is 1.33 bits per heavy atom. The van der Waals surface area contributed by atoms with Gasteiger partial charge in [0.05, 0.1) is 0 Å². The van der Waals surface area contributed by atoms with E-state index in [1.54, 1.807) is 0 Å². The van der Waals surface area contributed by atoms with Crippen molar-refractivity contribution in [3.05, 3.63) is 26.9 Å². The zero-order valence-corrected chi connectivity index (χ0v) is 9.73. The molecule has 0 saturated heterocycles. The lowest BCUT2D eigenvalue weighted by molar-refractivity contribution is 0.418. The largest absolute Gasteiger partial charge is 0.248 e. The second-order valence-corrected chi connectivity index (χ2v) is 4.82. The van der Waals surface area contributed by atoms with Crippen molar-refractivity contribution in [2.75, 3.05) is 0 Å². The molecule has 0 unspecified atom stereocenters. The fourth-order valence-electron chi connectivity index (χ4n) is 1.46. The fraction of sp³-hybridized carbons (Fsp3) is 0.444. The van der Waals surface area contributed by atoms with E-state index in [2.05, 4.69) is 42.9 Å². The maximum absolute atomic E-state index is 4.15. The summed E-state index contributed by atoms with van der Waals surface area (Å²) in [6, 6.07) is 2.12. The lowest BCUT2D eigenvalue weighted by Gasteiger charge is -2.26. The number of aromatic nitrogens is 1. The molecule has 3 heteroatoms. The molecule has 0 atom stereocenters. The molecule has 1 aromatic rings. The first-order valence-corrected chi connectivity index (χ1v) is 5.67. The number of hydrogen-bond donors (Lipinski definition) is 0. The molecule has 1 saturated carbocycles. The highest BCUT2D eigenvalue weighted by Gasteiger charge is 2.21. The summed E-state index contributed by atoms with van der Waals surface area (Å²) in [7, 11) is 0. The number of halogens is 2. The lowest BCUT2D eigenvalue weighted by Crippen LogP contribution is -2.09. The van der Waals surface area contributed by atoms with Crippen LogP contribution in [-0.2, 0) is 0 Å². The molecule has 1 heterocycles. The molecule has 1 aromatic heterocycles. The third-order valence-electron chi connectivity index (χ3n) is 2.40. The average molecular weight is 291 g/mol. The highest BCUT2D eigenvalue weighted by Crippen LogP contribution is 2.40. The van der Waals surface area contributed by atoms with E-state index >= 15 is 0 Å². The summed E-state index contributed by atoms with van der Waals surface area (Å²) in [5.74, 6) is 0.763. The van der Waals surface area contributed by atoms with Crippen molar-refractivity contribution in [3.63, 3.8) is 0 Å². The van der Waals surface area contributed by atoms with Gasteiger partial charge in [0.2, 0.25) is 0 Å². The Kier molecular flexibility index (Phi) is 2.51. The van der Waals surface area contributed by atoms with Crippen LogP contribution < -0.4 is 0 Å². The molecule has 1 nitrogen and oxygen atoms in total. The first kappa shape index (κ1) is 8.70. The molecule has 0 radical (unpaired) electrons. The molecular weight excluding hydrogens is 282 g/mol. The van der Waals surface area contributed by atoms with Gasteiger partial charge in [-0.15, -0.1) is 0 Å². The third-order valence-corrected chi connectivity index (χ3v) is 3.49. The van der Waals surface area contributed by atoms with Gasteiger partial charge in [0.1, 0.15) is 4.60 Å². The van der Waals surface area contributed by atoms with Gasteiger partial charge in [-0.25, -0.2) is 4.98 Å². The number of pyridine rings is 1. The van der Waals surface area contributed by atoms with Crippen LogP contribution in [0.15, 0.2) is 21.3 Å². The van der Waals surface area contributed by atoms with Gasteiger partial charge in [0, 0.05) is 10.7 Å². The van der Waals surface area contributed by atoms with E-state index < -0.39 is 0 Å². The predicted molar refractivity (Wildman–Crippen MR) is 56.2 cm³/mol. The minimum Gasteiger partial charge on any atom is -0.248 e. The van der Waals surface area contributed by atoms with E-state index in [-0.39, 0.29) is 0 Å². The molecule has 0 aromatic carbocycles. The predicted octanol–water partition coefficient (Wildman–Crippen LogP) is 3.87. The van der Waals surface area contributed by atoms with Crippen LogP contribution in [0, 0.1) is 0 Å². The Balaban J connectivity index is 2.34. The Labute approximate surface area is 88.8 Å².